The molecule has 11 aromatic rings. The third-order valence-corrected chi connectivity index (χ3v) is 13.1. The van der Waals surface area contributed by atoms with E-state index in [2.05, 4.69) is 30.3 Å². The minimum Gasteiger partial charge on any atom is -0.497 e. The van der Waals surface area contributed by atoms with E-state index in [9.17, 15) is 14.4 Å². The first-order chi connectivity index (χ1) is 37.3. The van der Waals surface area contributed by atoms with Gasteiger partial charge in [0.15, 0.2) is 0 Å². The van der Waals surface area contributed by atoms with Crippen LogP contribution in [0.3, 0.4) is 0 Å². The van der Waals surface area contributed by atoms with Gasteiger partial charge >= 0.3 is 0 Å². The third-order valence-electron chi connectivity index (χ3n) is 13.1. The summed E-state index contributed by atoms with van der Waals surface area (Å²) in [6.45, 7) is 0. The van der Waals surface area contributed by atoms with E-state index < -0.39 is 17.7 Å². The highest BCUT2D eigenvalue weighted by molar-refractivity contribution is 6.12. The second kappa shape index (κ2) is 21.4. The standard InChI is InChI=1S/C65H50N6O5/c1-75-57-35-37-61-59(42-57)60-43-58(76-2)36-38-62(60)71(61)56-33-27-47(28-34-56)66-65(74)46-39-48(67-63(72)44-23-29-54(30-24-44)69(50-15-7-3-8-16-50)51-17-9-4-10-18-51)41-49(40-46)68-64(73)45-25-31-55(32-26-45)70(52-19-11-5-12-20-52)53-21-13-6-14-22-53/h3-43H,1-2H3,(H,66,74)(H,67,72)(H,68,73). The summed E-state index contributed by atoms with van der Waals surface area (Å²) in [7, 11) is 3.30. The van der Waals surface area contributed by atoms with Crippen molar-refractivity contribution in [2.24, 2.45) is 0 Å². The maximum absolute atomic E-state index is 14.3. The molecule has 1 heterocycles. The van der Waals surface area contributed by atoms with Crippen LogP contribution in [-0.4, -0.2) is 36.5 Å². The van der Waals surface area contributed by atoms with Crippen molar-refractivity contribution in [3.05, 3.63) is 265 Å². The van der Waals surface area contributed by atoms with Crippen molar-refractivity contribution < 1.29 is 23.9 Å². The first-order valence-electron chi connectivity index (χ1n) is 24.7. The molecule has 0 unspecified atom stereocenters. The Balaban J connectivity index is 0.879. The molecule has 11 nitrogen and oxygen atoms in total. The molecule has 0 aliphatic carbocycles. The van der Waals surface area contributed by atoms with Crippen LogP contribution in [0.4, 0.5) is 51.2 Å². The fourth-order valence-corrected chi connectivity index (χ4v) is 9.45. The Hall–Kier alpha value is -10.4. The number of methoxy groups -OCH3 is 2. The largest absolute Gasteiger partial charge is 0.497 e. The Labute approximate surface area is 439 Å². The lowest BCUT2D eigenvalue weighted by Crippen LogP contribution is -2.17. The SMILES string of the molecule is COc1ccc2c(c1)c1cc(OC)ccc1n2-c1ccc(NC(=O)c2cc(NC(=O)c3ccc(N(c4ccccc4)c4ccccc4)cc3)cc(NC(=O)c3ccc(N(c4ccccc4)c4ccccc4)cc3)c2)cc1. The van der Waals surface area contributed by atoms with Gasteiger partial charge in [-0.25, -0.2) is 0 Å². The summed E-state index contributed by atoms with van der Waals surface area (Å²) in [5, 5.41) is 11.0. The van der Waals surface area contributed by atoms with Crippen LogP contribution in [0.1, 0.15) is 31.1 Å². The van der Waals surface area contributed by atoms with Crippen molar-refractivity contribution in [3.63, 3.8) is 0 Å². The second-order valence-corrected chi connectivity index (χ2v) is 17.9. The summed E-state index contributed by atoms with van der Waals surface area (Å²) in [6, 6.07) is 79.0. The van der Waals surface area contributed by atoms with Crippen molar-refractivity contribution in [2.45, 2.75) is 0 Å². The maximum Gasteiger partial charge on any atom is 0.255 e. The molecule has 0 aliphatic rings. The highest BCUT2D eigenvalue weighted by Crippen LogP contribution is 2.38. The van der Waals surface area contributed by atoms with Crippen LogP contribution >= 0.6 is 0 Å². The number of benzene rings is 10. The second-order valence-electron chi connectivity index (χ2n) is 17.9. The minimum atomic E-state index is -0.451. The van der Waals surface area contributed by atoms with Gasteiger partial charge < -0.3 is 39.8 Å². The molecule has 76 heavy (non-hydrogen) atoms. The Bertz CT molecular complexity index is 3550. The number of nitrogens with zero attached hydrogens (tertiary/aromatic N) is 3. The average Bonchev–Trinajstić information content (AvgIpc) is 3.84. The molecule has 0 spiro atoms. The van der Waals surface area contributed by atoms with Crippen molar-refractivity contribution in [2.75, 3.05) is 40.0 Å². The smallest absolute Gasteiger partial charge is 0.255 e. The molecule has 0 saturated carbocycles. The van der Waals surface area contributed by atoms with E-state index in [0.717, 1.165) is 73.1 Å². The molecule has 0 aliphatic heterocycles. The Morgan fingerprint density at radius 2 is 0.684 bits per heavy atom. The molecule has 10 aromatic carbocycles. The summed E-state index contributed by atoms with van der Waals surface area (Å²) in [4.78, 5) is 46.7. The topological polar surface area (TPSA) is 117 Å². The molecule has 0 atom stereocenters. The predicted octanol–water partition coefficient (Wildman–Crippen LogP) is 15.5. The molecular formula is C65H50N6O5. The molecule has 0 radical (unpaired) electrons. The van der Waals surface area contributed by atoms with Crippen molar-refractivity contribution in [3.8, 4) is 17.2 Å². The summed E-state index contributed by atoms with van der Waals surface area (Å²) in [5.74, 6) is 0.231. The van der Waals surface area contributed by atoms with Crippen LogP contribution < -0.4 is 35.2 Å². The molecule has 370 valence electrons. The Kier molecular flexibility index (Phi) is 13.5. The van der Waals surface area contributed by atoms with E-state index in [1.54, 1.807) is 56.7 Å². The normalized spacial score (nSPS) is 10.9. The average molecular weight is 995 g/mol. The molecular weight excluding hydrogens is 945 g/mol. The van der Waals surface area contributed by atoms with Crippen LogP contribution in [0.25, 0.3) is 27.5 Å². The van der Waals surface area contributed by atoms with Gasteiger partial charge in [0.2, 0.25) is 0 Å². The first kappa shape index (κ1) is 47.9. The summed E-state index contributed by atoms with van der Waals surface area (Å²) in [6.07, 6.45) is 0. The molecule has 11 rings (SSSR count). The van der Waals surface area contributed by atoms with Gasteiger partial charge in [-0.05, 0) is 176 Å². The predicted molar refractivity (Wildman–Crippen MR) is 306 cm³/mol. The van der Waals surface area contributed by atoms with Crippen LogP contribution in [0.15, 0.2) is 249 Å². The zero-order valence-corrected chi connectivity index (χ0v) is 41.6. The van der Waals surface area contributed by atoms with E-state index in [1.807, 2.05) is 206 Å². The fraction of sp³-hybridized carbons (Fsp3) is 0.0308. The van der Waals surface area contributed by atoms with Crippen LogP contribution in [0.2, 0.25) is 0 Å². The van der Waals surface area contributed by atoms with E-state index in [-0.39, 0.29) is 5.56 Å². The number of hydrogen-bond acceptors (Lipinski definition) is 7. The lowest BCUT2D eigenvalue weighted by Gasteiger charge is -2.25. The van der Waals surface area contributed by atoms with E-state index in [4.69, 9.17) is 9.47 Å². The van der Waals surface area contributed by atoms with E-state index in [1.165, 1.54) is 0 Å². The summed E-state index contributed by atoms with van der Waals surface area (Å²) < 4.78 is 13.3. The highest BCUT2D eigenvalue weighted by Gasteiger charge is 2.19. The van der Waals surface area contributed by atoms with Gasteiger partial charge in [-0.2, -0.15) is 0 Å². The van der Waals surface area contributed by atoms with Crippen LogP contribution in [0.5, 0.6) is 11.5 Å². The molecule has 0 saturated heterocycles. The van der Waals surface area contributed by atoms with Crippen LogP contribution in [0, 0.1) is 0 Å². The number of fused-ring (bicyclic) bond motifs is 3. The zero-order chi connectivity index (χ0) is 52.0. The number of nitrogens with one attached hydrogen (secondary N) is 3. The molecule has 0 bridgehead atoms. The van der Waals surface area contributed by atoms with Gasteiger partial charge in [0.1, 0.15) is 11.5 Å². The third kappa shape index (κ3) is 10.0. The number of amides is 3. The Morgan fingerprint density at radius 3 is 1.05 bits per heavy atom. The van der Waals surface area contributed by atoms with Crippen molar-refractivity contribution >= 4 is 90.7 Å². The summed E-state index contributed by atoms with van der Waals surface area (Å²) >= 11 is 0. The lowest BCUT2D eigenvalue weighted by atomic mass is 10.1. The van der Waals surface area contributed by atoms with E-state index in [0.29, 0.717) is 28.2 Å². The number of ether oxygens (including phenoxy) is 2. The number of carbonyl (C=O) groups excluding carboxylic acids is 3. The molecule has 11 heteroatoms. The van der Waals surface area contributed by atoms with E-state index >= 15 is 0 Å². The van der Waals surface area contributed by atoms with Gasteiger partial charge in [0.05, 0.1) is 25.3 Å². The number of para-hydroxylation sites is 4. The molecule has 3 N–H and O–H groups in total. The molecule has 3 amide bonds. The summed E-state index contributed by atoms with van der Waals surface area (Å²) in [5.41, 5.74) is 10.6. The van der Waals surface area contributed by atoms with Gasteiger partial charge in [0.25, 0.3) is 17.7 Å². The Morgan fingerprint density at radius 1 is 0.342 bits per heavy atom. The number of aromatic nitrogens is 1. The van der Waals surface area contributed by atoms with Crippen molar-refractivity contribution in [1.82, 2.24) is 4.57 Å². The first-order valence-corrected chi connectivity index (χ1v) is 24.7. The van der Waals surface area contributed by atoms with Crippen LogP contribution in [-0.2, 0) is 0 Å². The molecule has 0 fully saturated rings. The van der Waals surface area contributed by atoms with Gasteiger partial charge in [-0.1, -0.05) is 72.8 Å². The van der Waals surface area contributed by atoms with Gasteiger partial charge in [-0.3, -0.25) is 14.4 Å². The minimum absolute atomic E-state index is 0.205. The highest BCUT2D eigenvalue weighted by atomic mass is 16.5. The number of hydrogen-bond donors (Lipinski definition) is 3. The number of carbonyl (C=O) groups is 3. The monoisotopic (exact) mass is 994 g/mol. The van der Waals surface area contributed by atoms with Crippen molar-refractivity contribution in [1.29, 1.82) is 0 Å². The zero-order valence-electron chi connectivity index (χ0n) is 41.6. The van der Waals surface area contributed by atoms with Gasteiger partial charge in [0, 0.05) is 84.3 Å². The van der Waals surface area contributed by atoms with Gasteiger partial charge in [-0.15, -0.1) is 0 Å². The molecule has 1 aromatic heterocycles. The number of anilines is 9. The quantitative estimate of drug-likeness (QED) is 0.0936. The maximum atomic E-state index is 14.3. The number of rotatable bonds is 15. The lowest BCUT2D eigenvalue weighted by molar-refractivity contribution is 0.101. The fourth-order valence-electron chi connectivity index (χ4n) is 9.45.